The number of nitrogens with one attached hydrogen (secondary N) is 1. The molecule has 3 nitrogen and oxygen atoms in total. The van der Waals surface area contributed by atoms with Crippen LogP contribution in [0.4, 0.5) is 0 Å². The van der Waals surface area contributed by atoms with Gasteiger partial charge in [0.1, 0.15) is 5.76 Å². The smallest absolute Gasteiger partial charge is 0.230 e. The van der Waals surface area contributed by atoms with E-state index >= 15 is 0 Å². The molecule has 1 heterocycles. The van der Waals surface area contributed by atoms with Crippen LogP contribution in [0.5, 0.6) is 0 Å². The van der Waals surface area contributed by atoms with E-state index in [4.69, 9.17) is 16.0 Å². The molecule has 5 heteroatoms. The summed E-state index contributed by atoms with van der Waals surface area (Å²) in [6.07, 6.45) is 4.73. The molecule has 0 fully saturated rings. The van der Waals surface area contributed by atoms with E-state index in [0.717, 1.165) is 41.4 Å². The molecule has 1 aromatic carbocycles. The number of amides is 1. The van der Waals surface area contributed by atoms with E-state index in [1.807, 2.05) is 30.3 Å². The van der Waals surface area contributed by atoms with Crippen molar-refractivity contribution in [3.63, 3.8) is 0 Å². The van der Waals surface area contributed by atoms with Crippen molar-refractivity contribution in [1.82, 2.24) is 5.32 Å². The first-order valence-electron chi connectivity index (χ1n) is 7.40. The third-order valence-corrected chi connectivity index (χ3v) is 5.06. The lowest BCUT2D eigenvalue weighted by molar-refractivity contribution is -0.119. The maximum atomic E-state index is 12.1. The van der Waals surface area contributed by atoms with Gasteiger partial charge in [0.15, 0.2) is 0 Å². The SMILES string of the molecule is O=C(CSCc1ccc(Cl)cc1)NC1CCCc2occc21. The topological polar surface area (TPSA) is 42.2 Å². The number of aryl methyl sites for hydroxylation is 1. The number of rotatable bonds is 5. The third-order valence-electron chi connectivity index (χ3n) is 3.80. The number of carbonyl (C=O) groups is 1. The molecule has 1 N–H and O–H groups in total. The summed E-state index contributed by atoms with van der Waals surface area (Å²) in [5.41, 5.74) is 2.32. The Morgan fingerprint density at radius 1 is 1.32 bits per heavy atom. The van der Waals surface area contributed by atoms with Crippen LogP contribution < -0.4 is 5.32 Å². The molecule has 2 aromatic rings. The first-order chi connectivity index (χ1) is 10.7. The molecule has 116 valence electrons. The maximum Gasteiger partial charge on any atom is 0.230 e. The van der Waals surface area contributed by atoms with Crippen LogP contribution in [0, 0.1) is 0 Å². The number of fused-ring (bicyclic) bond motifs is 1. The minimum atomic E-state index is 0.0815. The van der Waals surface area contributed by atoms with Gasteiger partial charge in [-0.1, -0.05) is 23.7 Å². The van der Waals surface area contributed by atoms with E-state index in [1.165, 1.54) is 5.56 Å². The fourth-order valence-electron chi connectivity index (χ4n) is 2.71. The first-order valence-corrected chi connectivity index (χ1v) is 8.93. The summed E-state index contributed by atoms with van der Waals surface area (Å²) in [4.78, 5) is 12.1. The highest BCUT2D eigenvalue weighted by Crippen LogP contribution is 2.30. The Hall–Kier alpha value is -1.39. The maximum absolute atomic E-state index is 12.1. The van der Waals surface area contributed by atoms with Crippen LogP contribution >= 0.6 is 23.4 Å². The van der Waals surface area contributed by atoms with Crippen molar-refractivity contribution < 1.29 is 9.21 Å². The highest BCUT2D eigenvalue weighted by atomic mass is 35.5. The number of halogens is 1. The Morgan fingerprint density at radius 3 is 2.95 bits per heavy atom. The summed E-state index contributed by atoms with van der Waals surface area (Å²) in [6, 6.07) is 9.81. The van der Waals surface area contributed by atoms with Crippen LogP contribution in [0.3, 0.4) is 0 Å². The summed E-state index contributed by atoms with van der Waals surface area (Å²) in [5, 5.41) is 3.85. The van der Waals surface area contributed by atoms with Crippen LogP contribution in [-0.2, 0) is 17.0 Å². The second kappa shape index (κ2) is 7.25. The van der Waals surface area contributed by atoms with Gasteiger partial charge in [-0.3, -0.25) is 4.79 Å². The van der Waals surface area contributed by atoms with Gasteiger partial charge in [-0.25, -0.2) is 0 Å². The molecule has 3 rings (SSSR count). The molecular formula is C17H18ClNO2S. The van der Waals surface area contributed by atoms with E-state index in [-0.39, 0.29) is 11.9 Å². The zero-order valence-electron chi connectivity index (χ0n) is 12.2. The largest absolute Gasteiger partial charge is 0.469 e. The minimum Gasteiger partial charge on any atom is -0.469 e. The second-order valence-electron chi connectivity index (χ2n) is 5.43. The van der Waals surface area contributed by atoms with E-state index in [1.54, 1.807) is 18.0 Å². The molecule has 0 radical (unpaired) electrons. The van der Waals surface area contributed by atoms with Crippen LogP contribution in [0.1, 0.15) is 35.8 Å². The van der Waals surface area contributed by atoms with Gasteiger partial charge >= 0.3 is 0 Å². The van der Waals surface area contributed by atoms with Crippen LogP contribution in [0.25, 0.3) is 0 Å². The zero-order chi connectivity index (χ0) is 15.4. The summed E-state index contributed by atoms with van der Waals surface area (Å²) in [5.74, 6) is 2.38. The lowest BCUT2D eigenvalue weighted by atomic mass is 9.93. The Labute approximate surface area is 139 Å². The zero-order valence-corrected chi connectivity index (χ0v) is 13.8. The lowest BCUT2D eigenvalue weighted by Gasteiger charge is -2.22. The third kappa shape index (κ3) is 3.87. The number of benzene rings is 1. The van der Waals surface area contributed by atoms with E-state index in [9.17, 15) is 4.79 Å². The average molecular weight is 336 g/mol. The molecule has 1 aliphatic carbocycles. The van der Waals surface area contributed by atoms with Gasteiger partial charge in [0.2, 0.25) is 5.91 Å². The standard InChI is InChI=1S/C17H18ClNO2S/c18-13-6-4-12(5-7-13)10-22-11-17(20)19-15-2-1-3-16-14(15)8-9-21-16/h4-9,15H,1-3,10-11H2,(H,19,20). The molecule has 1 aromatic heterocycles. The predicted molar refractivity (Wildman–Crippen MR) is 90.1 cm³/mol. The van der Waals surface area contributed by atoms with E-state index in [0.29, 0.717) is 5.75 Å². The van der Waals surface area contributed by atoms with Gasteiger partial charge in [0.05, 0.1) is 18.1 Å². The van der Waals surface area contributed by atoms with Crippen molar-refractivity contribution in [2.24, 2.45) is 0 Å². The minimum absolute atomic E-state index is 0.0815. The molecule has 0 spiro atoms. The first kappa shape index (κ1) is 15.5. The Bertz CT molecular complexity index is 638. The van der Waals surface area contributed by atoms with Crippen molar-refractivity contribution in [3.8, 4) is 0 Å². The van der Waals surface area contributed by atoms with Gasteiger partial charge < -0.3 is 9.73 Å². The number of hydrogen-bond acceptors (Lipinski definition) is 3. The van der Waals surface area contributed by atoms with Gasteiger partial charge in [-0.05, 0) is 36.6 Å². The van der Waals surface area contributed by atoms with Gasteiger partial charge in [0, 0.05) is 22.8 Å². The van der Waals surface area contributed by atoms with Crippen LogP contribution in [0.15, 0.2) is 41.0 Å². The molecule has 1 amide bonds. The fourth-order valence-corrected chi connectivity index (χ4v) is 3.64. The van der Waals surface area contributed by atoms with Gasteiger partial charge in [-0.15, -0.1) is 11.8 Å². The highest BCUT2D eigenvalue weighted by molar-refractivity contribution is 7.99. The molecule has 0 bridgehead atoms. The summed E-state index contributed by atoms with van der Waals surface area (Å²) < 4.78 is 5.45. The molecule has 1 atom stereocenters. The Kier molecular flexibility index (Phi) is 5.11. The predicted octanol–water partition coefficient (Wildman–Crippen LogP) is 4.36. The van der Waals surface area contributed by atoms with Crippen molar-refractivity contribution in [3.05, 3.63) is 58.5 Å². The second-order valence-corrected chi connectivity index (χ2v) is 6.85. The van der Waals surface area contributed by atoms with E-state index < -0.39 is 0 Å². The number of carbonyl (C=O) groups excluding carboxylic acids is 1. The Balaban J connectivity index is 1.46. The number of hydrogen-bond donors (Lipinski definition) is 1. The summed E-state index contributed by atoms with van der Waals surface area (Å²) in [6.45, 7) is 0. The fraction of sp³-hybridized carbons (Fsp3) is 0.353. The van der Waals surface area contributed by atoms with Gasteiger partial charge in [-0.2, -0.15) is 0 Å². The summed E-state index contributed by atoms with van der Waals surface area (Å²) in [7, 11) is 0. The molecule has 1 unspecified atom stereocenters. The summed E-state index contributed by atoms with van der Waals surface area (Å²) >= 11 is 7.47. The molecule has 1 aliphatic rings. The molecule has 0 saturated heterocycles. The normalized spacial score (nSPS) is 17.0. The van der Waals surface area contributed by atoms with Crippen molar-refractivity contribution in [2.75, 3.05) is 5.75 Å². The highest BCUT2D eigenvalue weighted by Gasteiger charge is 2.23. The quantitative estimate of drug-likeness (QED) is 0.882. The van der Waals surface area contributed by atoms with Crippen molar-refractivity contribution >= 4 is 29.3 Å². The van der Waals surface area contributed by atoms with Gasteiger partial charge in [0.25, 0.3) is 0 Å². The number of thioether (sulfide) groups is 1. The molecular weight excluding hydrogens is 318 g/mol. The van der Waals surface area contributed by atoms with E-state index in [2.05, 4.69) is 5.32 Å². The van der Waals surface area contributed by atoms with Crippen LogP contribution in [-0.4, -0.2) is 11.7 Å². The monoisotopic (exact) mass is 335 g/mol. The molecule has 22 heavy (non-hydrogen) atoms. The molecule has 0 saturated carbocycles. The van der Waals surface area contributed by atoms with Crippen molar-refractivity contribution in [2.45, 2.75) is 31.1 Å². The Morgan fingerprint density at radius 2 is 2.14 bits per heavy atom. The van der Waals surface area contributed by atoms with Crippen LogP contribution in [0.2, 0.25) is 5.02 Å². The lowest BCUT2D eigenvalue weighted by Crippen LogP contribution is -2.31. The molecule has 0 aliphatic heterocycles. The van der Waals surface area contributed by atoms with Crippen molar-refractivity contribution in [1.29, 1.82) is 0 Å². The average Bonchev–Trinajstić information content (AvgIpc) is 2.99. The number of furan rings is 1.